The average Bonchev–Trinajstić information content (AvgIpc) is 2.19. The fourth-order valence-electron chi connectivity index (χ4n) is 1.62. The van der Waals surface area contributed by atoms with Gasteiger partial charge in [0.05, 0.1) is 0 Å². The molecule has 0 amide bonds. The normalized spacial score (nSPS) is 13.4. The molecule has 1 aromatic rings. The van der Waals surface area contributed by atoms with Crippen LogP contribution in [0, 0.1) is 0 Å². The Morgan fingerprint density at radius 2 is 1.92 bits per heavy atom. The van der Waals surface area contributed by atoms with E-state index in [0.717, 1.165) is 0 Å². The summed E-state index contributed by atoms with van der Waals surface area (Å²) in [5, 5.41) is 0. The van der Waals surface area contributed by atoms with Crippen molar-refractivity contribution in [1.29, 1.82) is 0 Å². The van der Waals surface area contributed by atoms with Crippen LogP contribution in [0.3, 0.4) is 0 Å². The zero-order valence-electron chi connectivity index (χ0n) is 8.53. The van der Waals surface area contributed by atoms with Crippen LogP contribution in [-0.2, 0) is 0 Å². The van der Waals surface area contributed by atoms with Crippen LogP contribution in [0.4, 0.5) is 0 Å². The molecule has 0 aliphatic rings. The Balaban J connectivity index is 2.76. The molecule has 0 bridgehead atoms. The van der Waals surface area contributed by atoms with E-state index < -0.39 is 0 Å². The van der Waals surface area contributed by atoms with Crippen molar-refractivity contribution in [2.45, 2.75) is 32.6 Å². The molecule has 0 aliphatic heterocycles. The molecular formula is C13H18. The maximum Gasteiger partial charge on any atom is 0.00177 e. The summed E-state index contributed by atoms with van der Waals surface area (Å²) >= 11 is 0. The van der Waals surface area contributed by atoms with E-state index in [1.807, 2.05) is 0 Å². The predicted octanol–water partition coefficient (Wildman–Crippen LogP) is 4.15. The number of allylic oxidation sites excluding steroid dienone is 2. The summed E-state index contributed by atoms with van der Waals surface area (Å²) in [5.74, 6) is 0.608. The first-order valence-corrected chi connectivity index (χ1v) is 5.06. The van der Waals surface area contributed by atoms with Crippen LogP contribution in [0.2, 0.25) is 0 Å². The van der Waals surface area contributed by atoms with Gasteiger partial charge in [0.15, 0.2) is 0 Å². The minimum atomic E-state index is 0.608. The summed E-state index contributed by atoms with van der Waals surface area (Å²) in [6.45, 7) is 4.32. The van der Waals surface area contributed by atoms with Crippen LogP contribution in [-0.4, -0.2) is 0 Å². The van der Waals surface area contributed by atoms with Gasteiger partial charge in [-0.3, -0.25) is 0 Å². The third-order valence-corrected chi connectivity index (χ3v) is 2.25. The molecule has 0 nitrogen and oxygen atoms in total. The first kappa shape index (κ1) is 10.0. The summed E-state index contributed by atoms with van der Waals surface area (Å²) in [6, 6.07) is 10.7. The van der Waals surface area contributed by atoms with Gasteiger partial charge >= 0.3 is 0 Å². The maximum absolute atomic E-state index is 2.29. The SMILES string of the molecule is C/C=C/C(CCC)c1ccccc1. The molecule has 0 aliphatic carbocycles. The highest BCUT2D eigenvalue weighted by Gasteiger charge is 2.04. The van der Waals surface area contributed by atoms with Crippen molar-refractivity contribution in [3.05, 3.63) is 48.0 Å². The molecule has 0 heteroatoms. The monoisotopic (exact) mass is 174 g/mol. The van der Waals surface area contributed by atoms with Crippen LogP contribution >= 0.6 is 0 Å². The van der Waals surface area contributed by atoms with Gasteiger partial charge in [0.25, 0.3) is 0 Å². The molecule has 0 fully saturated rings. The van der Waals surface area contributed by atoms with Gasteiger partial charge in [-0.2, -0.15) is 0 Å². The van der Waals surface area contributed by atoms with Gasteiger partial charge in [-0.1, -0.05) is 55.8 Å². The van der Waals surface area contributed by atoms with Crippen LogP contribution < -0.4 is 0 Å². The van der Waals surface area contributed by atoms with E-state index in [1.54, 1.807) is 0 Å². The molecule has 0 radical (unpaired) electrons. The zero-order valence-corrected chi connectivity index (χ0v) is 8.53. The minimum Gasteiger partial charge on any atom is -0.0910 e. The molecule has 70 valence electrons. The van der Waals surface area contributed by atoms with Crippen molar-refractivity contribution >= 4 is 0 Å². The first-order valence-electron chi connectivity index (χ1n) is 5.06. The van der Waals surface area contributed by atoms with Crippen LogP contribution in [0.1, 0.15) is 38.2 Å². The minimum absolute atomic E-state index is 0.608. The van der Waals surface area contributed by atoms with Crippen LogP contribution in [0.25, 0.3) is 0 Å². The van der Waals surface area contributed by atoms with Crippen molar-refractivity contribution in [3.8, 4) is 0 Å². The fourth-order valence-corrected chi connectivity index (χ4v) is 1.62. The molecular weight excluding hydrogens is 156 g/mol. The van der Waals surface area contributed by atoms with E-state index in [-0.39, 0.29) is 0 Å². The number of hydrogen-bond donors (Lipinski definition) is 0. The highest BCUT2D eigenvalue weighted by Crippen LogP contribution is 2.22. The van der Waals surface area contributed by atoms with Gasteiger partial charge in [-0.05, 0) is 18.9 Å². The van der Waals surface area contributed by atoms with Crippen molar-refractivity contribution in [2.75, 3.05) is 0 Å². The topological polar surface area (TPSA) is 0 Å². The second kappa shape index (κ2) is 5.58. The highest BCUT2D eigenvalue weighted by atomic mass is 14.1. The Labute approximate surface area is 81.3 Å². The lowest BCUT2D eigenvalue weighted by Gasteiger charge is -2.11. The quantitative estimate of drug-likeness (QED) is 0.602. The molecule has 1 rings (SSSR count). The van der Waals surface area contributed by atoms with Gasteiger partial charge in [-0.15, -0.1) is 0 Å². The smallest absolute Gasteiger partial charge is 0.00177 e. The Kier molecular flexibility index (Phi) is 4.31. The predicted molar refractivity (Wildman–Crippen MR) is 58.9 cm³/mol. The molecule has 0 aromatic heterocycles. The Morgan fingerprint density at radius 3 is 2.46 bits per heavy atom. The van der Waals surface area contributed by atoms with Gasteiger partial charge < -0.3 is 0 Å². The molecule has 0 spiro atoms. The lowest BCUT2D eigenvalue weighted by molar-refractivity contribution is 0.716. The largest absolute Gasteiger partial charge is 0.0910 e. The van der Waals surface area contributed by atoms with E-state index in [1.165, 1.54) is 18.4 Å². The van der Waals surface area contributed by atoms with E-state index in [4.69, 9.17) is 0 Å². The first-order chi connectivity index (χ1) is 6.38. The van der Waals surface area contributed by atoms with Gasteiger partial charge in [0, 0.05) is 5.92 Å². The lowest BCUT2D eigenvalue weighted by Crippen LogP contribution is -1.93. The standard InChI is InChI=1S/C13H18/c1-3-8-12(9-4-2)13-10-6-5-7-11-13/h3,5-8,10-12H,4,9H2,1-2H3/b8-3+. The highest BCUT2D eigenvalue weighted by molar-refractivity contribution is 5.23. The van der Waals surface area contributed by atoms with Gasteiger partial charge in [-0.25, -0.2) is 0 Å². The molecule has 13 heavy (non-hydrogen) atoms. The van der Waals surface area contributed by atoms with Crippen molar-refractivity contribution < 1.29 is 0 Å². The summed E-state index contributed by atoms with van der Waals surface area (Å²) in [6.07, 6.45) is 6.92. The van der Waals surface area contributed by atoms with E-state index in [0.29, 0.717) is 5.92 Å². The van der Waals surface area contributed by atoms with Crippen molar-refractivity contribution in [1.82, 2.24) is 0 Å². The summed E-state index contributed by atoms with van der Waals surface area (Å²) in [4.78, 5) is 0. The van der Waals surface area contributed by atoms with Gasteiger partial charge in [0.2, 0.25) is 0 Å². The van der Waals surface area contributed by atoms with Crippen LogP contribution in [0.15, 0.2) is 42.5 Å². The van der Waals surface area contributed by atoms with E-state index in [2.05, 4.69) is 56.3 Å². The van der Waals surface area contributed by atoms with E-state index in [9.17, 15) is 0 Å². The molecule has 0 saturated carbocycles. The van der Waals surface area contributed by atoms with Crippen LogP contribution in [0.5, 0.6) is 0 Å². The molecule has 0 N–H and O–H groups in total. The number of hydrogen-bond acceptors (Lipinski definition) is 0. The number of benzene rings is 1. The molecule has 0 heterocycles. The molecule has 1 unspecified atom stereocenters. The summed E-state index contributed by atoms with van der Waals surface area (Å²) in [5.41, 5.74) is 1.43. The lowest BCUT2D eigenvalue weighted by atomic mass is 9.94. The Bertz CT molecular complexity index is 246. The van der Waals surface area contributed by atoms with E-state index >= 15 is 0 Å². The molecule has 0 saturated heterocycles. The average molecular weight is 174 g/mol. The van der Waals surface area contributed by atoms with Crippen molar-refractivity contribution in [2.24, 2.45) is 0 Å². The Morgan fingerprint density at radius 1 is 1.23 bits per heavy atom. The zero-order chi connectivity index (χ0) is 9.52. The molecule has 1 aromatic carbocycles. The maximum atomic E-state index is 2.29. The van der Waals surface area contributed by atoms with Crippen molar-refractivity contribution in [3.63, 3.8) is 0 Å². The second-order valence-electron chi connectivity index (χ2n) is 3.33. The third-order valence-electron chi connectivity index (χ3n) is 2.25. The third kappa shape index (κ3) is 3.06. The second-order valence-corrected chi connectivity index (χ2v) is 3.33. The number of rotatable bonds is 4. The summed E-state index contributed by atoms with van der Waals surface area (Å²) in [7, 11) is 0. The molecule has 1 atom stereocenters. The Hall–Kier alpha value is -1.04. The van der Waals surface area contributed by atoms with Gasteiger partial charge in [0.1, 0.15) is 0 Å². The summed E-state index contributed by atoms with van der Waals surface area (Å²) < 4.78 is 0. The fraction of sp³-hybridized carbons (Fsp3) is 0.385.